The van der Waals surface area contributed by atoms with Gasteiger partial charge in [0.25, 0.3) is 0 Å². The zero-order chi connectivity index (χ0) is 20.0. The van der Waals surface area contributed by atoms with Crippen LogP contribution >= 0.6 is 0 Å². The van der Waals surface area contributed by atoms with E-state index in [1.165, 1.54) is 10.5 Å². The van der Waals surface area contributed by atoms with Gasteiger partial charge in [0.15, 0.2) is 0 Å². The largest absolute Gasteiger partial charge is 0.347 e. The number of benzene rings is 1. The molecule has 3 rings (SSSR count). The molecule has 8 nitrogen and oxygen atoms in total. The second kappa shape index (κ2) is 8.94. The standard InChI is InChI=1S/C19H22N4O4S/c24-18(22-16-5-4-10-20-13-16)14-21-19(25)15-8-11-23(12-9-15)28(26,27)17-6-2-1-3-7-17/h1-7,10,13,15H,8-9,11-12,14H2,(H,21,25)(H,22,24). The first kappa shape index (κ1) is 20.0. The summed E-state index contributed by atoms with van der Waals surface area (Å²) in [4.78, 5) is 28.4. The highest BCUT2D eigenvalue weighted by Crippen LogP contribution is 2.23. The molecule has 1 saturated heterocycles. The predicted molar refractivity (Wildman–Crippen MR) is 104 cm³/mol. The highest BCUT2D eigenvalue weighted by Gasteiger charge is 2.32. The van der Waals surface area contributed by atoms with E-state index in [-0.39, 0.29) is 42.3 Å². The Bertz CT molecular complexity index is 911. The van der Waals surface area contributed by atoms with E-state index in [9.17, 15) is 18.0 Å². The third-order valence-electron chi connectivity index (χ3n) is 4.57. The monoisotopic (exact) mass is 402 g/mol. The van der Waals surface area contributed by atoms with E-state index >= 15 is 0 Å². The van der Waals surface area contributed by atoms with E-state index in [4.69, 9.17) is 0 Å². The van der Waals surface area contributed by atoms with Gasteiger partial charge in [-0.1, -0.05) is 18.2 Å². The second-order valence-electron chi connectivity index (χ2n) is 6.50. The molecule has 0 aliphatic carbocycles. The molecule has 1 aliphatic rings. The minimum Gasteiger partial charge on any atom is -0.347 e. The molecule has 28 heavy (non-hydrogen) atoms. The van der Waals surface area contributed by atoms with Gasteiger partial charge in [-0.05, 0) is 37.1 Å². The number of hydrogen-bond donors (Lipinski definition) is 2. The third-order valence-corrected chi connectivity index (χ3v) is 6.49. The van der Waals surface area contributed by atoms with Crippen LogP contribution in [-0.2, 0) is 19.6 Å². The van der Waals surface area contributed by atoms with Gasteiger partial charge in [-0.2, -0.15) is 4.31 Å². The van der Waals surface area contributed by atoms with Crippen molar-refractivity contribution in [2.24, 2.45) is 5.92 Å². The molecule has 0 spiro atoms. The van der Waals surface area contributed by atoms with Crippen molar-refractivity contribution in [2.75, 3.05) is 25.0 Å². The van der Waals surface area contributed by atoms with Gasteiger partial charge in [-0.25, -0.2) is 8.42 Å². The number of amides is 2. The van der Waals surface area contributed by atoms with Crippen LogP contribution in [0.15, 0.2) is 59.8 Å². The van der Waals surface area contributed by atoms with Crippen LogP contribution in [0.25, 0.3) is 0 Å². The van der Waals surface area contributed by atoms with Crippen LogP contribution < -0.4 is 10.6 Å². The molecular formula is C19H22N4O4S. The topological polar surface area (TPSA) is 108 Å². The maximum atomic E-state index is 12.6. The second-order valence-corrected chi connectivity index (χ2v) is 8.44. The van der Waals surface area contributed by atoms with Gasteiger partial charge in [0.2, 0.25) is 21.8 Å². The molecule has 148 valence electrons. The van der Waals surface area contributed by atoms with E-state index in [1.54, 1.807) is 48.7 Å². The van der Waals surface area contributed by atoms with Gasteiger partial charge < -0.3 is 10.6 Å². The van der Waals surface area contributed by atoms with Crippen LogP contribution in [0.2, 0.25) is 0 Å². The van der Waals surface area contributed by atoms with Crippen molar-refractivity contribution in [1.82, 2.24) is 14.6 Å². The van der Waals surface area contributed by atoms with Crippen molar-refractivity contribution in [3.63, 3.8) is 0 Å². The number of carbonyl (C=O) groups excluding carboxylic acids is 2. The van der Waals surface area contributed by atoms with Gasteiger partial charge in [0, 0.05) is 25.2 Å². The van der Waals surface area contributed by atoms with E-state index in [1.807, 2.05) is 0 Å². The fourth-order valence-corrected chi connectivity index (χ4v) is 4.54. The molecule has 9 heteroatoms. The summed E-state index contributed by atoms with van der Waals surface area (Å²) in [6.45, 7) is 0.407. The number of nitrogens with zero attached hydrogens (tertiary/aromatic N) is 2. The highest BCUT2D eigenvalue weighted by atomic mass is 32.2. The summed E-state index contributed by atoms with van der Waals surface area (Å²) in [6, 6.07) is 11.7. The molecule has 2 N–H and O–H groups in total. The molecule has 2 heterocycles. The quantitative estimate of drug-likeness (QED) is 0.756. The Labute approximate surface area is 164 Å². The van der Waals surface area contributed by atoms with Crippen molar-refractivity contribution >= 4 is 27.5 Å². The Kier molecular flexibility index (Phi) is 6.37. The van der Waals surface area contributed by atoms with Crippen molar-refractivity contribution in [3.8, 4) is 0 Å². The van der Waals surface area contributed by atoms with Gasteiger partial charge in [0.05, 0.1) is 23.3 Å². The first-order chi connectivity index (χ1) is 13.5. The maximum Gasteiger partial charge on any atom is 0.243 e. The van der Waals surface area contributed by atoms with Crippen LogP contribution in [0.5, 0.6) is 0 Å². The third kappa shape index (κ3) is 4.93. The lowest BCUT2D eigenvalue weighted by Gasteiger charge is -2.30. The van der Waals surface area contributed by atoms with Crippen LogP contribution in [0.4, 0.5) is 5.69 Å². The molecule has 2 amide bonds. The molecule has 0 unspecified atom stereocenters. The van der Waals surface area contributed by atoms with Gasteiger partial charge in [0.1, 0.15) is 0 Å². The van der Waals surface area contributed by atoms with Crippen molar-refractivity contribution in [2.45, 2.75) is 17.7 Å². The Morgan fingerprint density at radius 1 is 1.07 bits per heavy atom. The molecule has 0 atom stereocenters. The summed E-state index contributed by atoms with van der Waals surface area (Å²) in [6.07, 6.45) is 3.95. The van der Waals surface area contributed by atoms with E-state index in [0.29, 0.717) is 18.5 Å². The summed E-state index contributed by atoms with van der Waals surface area (Å²) in [5.74, 6) is -0.892. The number of nitrogens with one attached hydrogen (secondary N) is 2. The smallest absolute Gasteiger partial charge is 0.243 e. The first-order valence-corrected chi connectivity index (χ1v) is 10.4. The minimum absolute atomic E-state index is 0.143. The van der Waals surface area contributed by atoms with Gasteiger partial charge in [-0.3, -0.25) is 14.6 Å². The van der Waals surface area contributed by atoms with Crippen LogP contribution in [0.3, 0.4) is 0 Å². The highest BCUT2D eigenvalue weighted by molar-refractivity contribution is 7.89. The lowest BCUT2D eigenvalue weighted by atomic mass is 9.97. The first-order valence-electron chi connectivity index (χ1n) is 8.99. The Morgan fingerprint density at radius 2 is 1.79 bits per heavy atom. The number of piperidine rings is 1. The number of hydrogen-bond acceptors (Lipinski definition) is 5. The number of anilines is 1. The number of aromatic nitrogens is 1. The molecular weight excluding hydrogens is 380 g/mol. The van der Waals surface area contributed by atoms with Crippen LogP contribution in [0.1, 0.15) is 12.8 Å². The van der Waals surface area contributed by atoms with Gasteiger partial charge >= 0.3 is 0 Å². The molecule has 0 bridgehead atoms. The zero-order valence-electron chi connectivity index (χ0n) is 15.2. The summed E-state index contributed by atoms with van der Waals surface area (Å²) in [5.41, 5.74) is 0.557. The van der Waals surface area contributed by atoms with Crippen molar-refractivity contribution in [1.29, 1.82) is 0 Å². The fraction of sp³-hybridized carbons (Fsp3) is 0.316. The summed E-state index contributed by atoms with van der Waals surface area (Å²) in [5, 5.41) is 5.26. The molecule has 2 aromatic rings. The van der Waals surface area contributed by atoms with Crippen molar-refractivity contribution in [3.05, 3.63) is 54.9 Å². The molecule has 1 aromatic carbocycles. The Balaban J connectivity index is 1.47. The van der Waals surface area contributed by atoms with Crippen molar-refractivity contribution < 1.29 is 18.0 Å². The average Bonchev–Trinajstić information content (AvgIpc) is 2.73. The maximum absolute atomic E-state index is 12.6. The lowest BCUT2D eigenvalue weighted by molar-refractivity contribution is -0.128. The summed E-state index contributed by atoms with van der Waals surface area (Å²) < 4.78 is 26.6. The molecule has 0 saturated carbocycles. The SMILES string of the molecule is O=C(CNC(=O)C1CCN(S(=O)(=O)c2ccccc2)CC1)Nc1cccnc1. The lowest BCUT2D eigenvalue weighted by Crippen LogP contribution is -2.44. The average molecular weight is 402 g/mol. The Morgan fingerprint density at radius 3 is 2.43 bits per heavy atom. The van der Waals surface area contributed by atoms with E-state index < -0.39 is 10.0 Å². The summed E-state index contributed by atoms with van der Waals surface area (Å²) in [7, 11) is -3.54. The van der Waals surface area contributed by atoms with Gasteiger partial charge in [-0.15, -0.1) is 0 Å². The van der Waals surface area contributed by atoms with E-state index in [0.717, 1.165) is 0 Å². The normalized spacial score (nSPS) is 15.7. The minimum atomic E-state index is -3.54. The molecule has 0 radical (unpaired) electrons. The van der Waals surface area contributed by atoms with E-state index in [2.05, 4.69) is 15.6 Å². The van der Waals surface area contributed by atoms with Crippen LogP contribution in [0, 0.1) is 5.92 Å². The van der Waals surface area contributed by atoms with Crippen LogP contribution in [-0.4, -0.2) is 49.2 Å². The summed E-state index contributed by atoms with van der Waals surface area (Å²) >= 11 is 0. The fourth-order valence-electron chi connectivity index (χ4n) is 3.05. The molecule has 1 aromatic heterocycles. The molecule has 1 fully saturated rings. The zero-order valence-corrected chi connectivity index (χ0v) is 16.1. The number of pyridine rings is 1. The number of sulfonamides is 1. The Hall–Kier alpha value is -2.78. The number of carbonyl (C=O) groups is 2. The molecule has 1 aliphatic heterocycles. The predicted octanol–water partition coefficient (Wildman–Crippen LogP) is 1.24. The number of rotatable bonds is 6.